The maximum atomic E-state index is 8.82. The first-order valence-corrected chi connectivity index (χ1v) is 5.37. The first-order valence-electron chi connectivity index (χ1n) is 5.37. The van der Waals surface area contributed by atoms with Crippen LogP contribution in [0, 0.1) is 36.0 Å². The van der Waals surface area contributed by atoms with Crippen molar-refractivity contribution < 1.29 is 0 Å². The molecule has 3 nitrogen and oxygen atoms in total. The molecule has 0 amide bonds. The second-order valence-corrected chi connectivity index (χ2v) is 4.58. The zero-order valence-electron chi connectivity index (χ0n) is 8.72. The molecule has 1 aliphatic heterocycles. The SMILES string of the molecule is Cc1ccc(N2C[C@@H]3[C@@H](C#N)[C@@H]3C2)nc1. The number of hydrogen-bond acceptors (Lipinski definition) is 3. The molecule has 3 atom stereocenters. The first kappa shape index (κ1) is 8.72. The zero-order chi connectivity index (χ0) is 10.4. The van der Waals surface area contributed by atoms with Crippen LogP contribution in [0.15, 0.2) is 18.3 Å². The minimum atomic E-state index is 0.326. The number of aromatic nitrogens is 1. The minimum Gasteiger partial charge on any atom is -0.356 e. The number of anilines is 1. The van der Waals surface area contributed by atoms with Crippen LogP contribution in [0.1, 0.15) is 5.56 Å². The fourth-order valence-electron chi connectivity index (χ4n) is 2.55. The van der Waals surface area contributed by atoms with Crippen molar-refractivity contribution in [2.75, 3.05) is 18.0 Å². The number of rotatable bonds is 1. The minimum absolute atomic E-state index is 0.326. The van der Waals surface area contributed by atoms with Gasteiger partial charge in [0, 0.05) is 19.3 Å². The van der Waals surface area contributed by atoms with E-state index in [1.807, 2.05) is 13.1 Å². The van der Waals surface area contributed by atoms with Gasteiger partial charge in [-0.1, -0.05) is 6.07 Å². The normalized spacial score (nSPS) is 32.3. The standard InChI is InChI=1S/C12H13N3/c1-8-2-3-12(14-5-8)15-6-10-9(4-13)11(10)7-15/h2-3,5,9-11H,6-7H2,1H3/t9-,10-,11+. The van der Waals surface area contributed by atoms with Gasteiger partial charge >= 0.3 is 0 Å². The van der Waals surface area contributed by atoms with Crippen molar-refractivity contribution >= 4 is 5.82 Å². The Bertz CT molecular complexity index is 405. The molecule has 1 aliphatic carbocycles. The Morgan fingerprint density at radius 2 is 2.13 bits per heavy atom. The lowest BCUT2D eigenvalue weighted by Crippen LogP contribution is -2.24. The van der Waals surface area contributed by atoms with Crippen LogP contribution in [-0.4, -0.2) is 18.1 Å². The molecule has 2 aliphatic rings. The molecule has 2 fully saturated rings. The van der Waals surface area contributed by atoms with E-state index < -0.39 is 0 Å². The van der Waals surface area contributed by atoms with Crippen LogP contribution in [0.25, 0.3) is 0 Å². The Morgan fingerprint density at radius 3 is 2.67 bits per heavy atom. The van der Waals surface area contributed by atoms with Crippen molar-refractivity contribution in [2.24, 2.45) is 17.8 Å². The second kappa shape index (κ2) is 2.96. The van der Waals surface area contributed by atoms with Gasteiger partial charge in [0.15, 0.2) is 0 Å². The van der Waals surface area contributed by atoms with Crippen LogP contribution in [0.4, 0.5) is 5.82 Å². The lowest BCUT2D eigenvalue weighted by Gasteiger charge is -2.19. The summed E-state index contributed by atoms with van der Waals surface area (Å²) in [6.07, 6.45) is 1.90. The zero-order valence-corrected chi connectivity index (χ0v) is 8.72. The van der Waals surface area contributed by atoms with Gasteiger partial charge in [-0.15, -0.1) is 0 Å². The third-order valence-corrected chi connectivity index (χ3v) is 3.56. The average Bonchev–Trinajstić information content (AvgIpc) is 2.72. The molecule has 76 valence electrons. The molecule has 0 N–H and O–H groups in total. The molecule has 0 spiro atoms. The van der Waals surface area contributed by atoms with Crippen LogP contribution < -0.4 is 4.90 Å². The molecule has 0 bridgehead atoms. The third kappa shape index (κ3) is 1.29. The fraction of sp³-hybridized carbons (Fsp3) is 0.500. The van der Waals surface area contributed by atoms with E-state index in [0.29, 0.717) is 17.8 Å². The molecular formula is C12H13N3. The molecule has 0 radical (unpaired) electrons. The highest BCUT2D eigenvalue weighted by Gasteiger charge is 2.56. The highest BCUT2D eigenvalue weighted by Crippen LogP contribution is 2.51. The van der Waals surface area contributed by atoms with Crippen molar-refractivity contribution in [3.05, 3.63) is 23.9 Å². The Kier molecular flexibility index (Phi) is 1.72. The van der Waals surface area contributed by atoms with Crippen LogP contribution in [0.3, 0.4) is 0 Å². The average molecular weight is 199 g/mol. The first-order chi connectivity index (χ1) is 7.29. The number of hydrogen-bond donors (Lipinski definition) is 0. The van der Waals surface area contributed by atoms with Gasteiger partial charge in [0.05, 0.1) is 12.0 Å². The monoisotopic (exact) mass is 199 g/mol. The summed E-state index contributed by atoms with van der Waals surface area (Å²) in [5, 5.41) is 8.82. The summed E-state index contributed by atoms with van der Waals surface area (Å²) in [5.74, 6) is 2.60. The van der Waals surface area contributed by atoms with Crippen molar-refractivity contribution in [2.45, 2.75) is 6.92 Å². The molecule has 1 aromatic heterocycles. The number of nitrogens with zero attached hydrogens (tertiary/aromatic N) is 3. The summed E-state index contributed by atoms with van der Waals surface area (Å²) in [6.45, 7) is 4.07. The largest absolute Gasteiger partial charge is 0.356 e. The van der Waals surface area contributed by atoms with Gasteiger partial charge in [0.25, 0.3) is 0 Å². The molecule has 3 rings (SSSR count). The Morgan fingerprint density at radius 1 is 1.40 bits per heavy atom. The van der Waals surface area contributed by atoms with Crippen molar-refractivity contribution in [3.8, 4) is 6.07 Å². The molecule has 2 heterocycles. The van der Waals surface area contributed by atoms with Gasteiger partial charge in [-0.05, 0) is 30.4 Å². The molecule has 1 aromatic rings. The number of pyridine rings is 1. The second-order valence-electron chi connectivity index (χ2n) is 4.58. The van der Waals surface area contributed by atoms with E-state index in [4.69, 9.17) is 5.26 Å². The van der Waals surface area contributed by atoms with E-state index in [9.17, 15) is 0 Å². The van der Waals surface area contributed by atoms with Crippen molar-refractivity contribution in [1.82, 2.24) is 4.98 Å². The predicted molar refractivity (Wildman–Crippen MR) is 57.3 cm³/mol. The van der Waals surface area contributed by atoms with E-state index in [0.717, 1.165) is 18.9 Å². The van der Waals surface area contributed by atoms with Crippen LogP contribution in [0.2, 0.25) is 0 Å². The quantitative estimate of drug-likeness (QED) is 0.689. The van der Waals surface area contributed by atoms with Crippen LogP contribution in [-0.2, 0) is 0 Å². The predicted octanol–water partition coefficient (Wildman–Crippen LogP) is 1.60. The van der Waals surface area contributed by atoms with Gasteiger partial charge in [-0.25, -0.2) is 4.98 Å². The highest BCUT2D eigenvalue weighted by molar-refractivity contribution is 5.43. The van der Waals surface area contributed by atoms with Gasteiger partial charge in [0.2, 0.25) is 0 Å². The summed E-state index contributed by atoms with van der Waals surface area (Å²) in [6, 6.07) is 6.54. The molecule has 0 unspecified atom stereocenters. The Hall–Kier alpha value is -1.56. The molecule has 1 saturated carbocycles. The van der Waals surface area contributed by atoms with E-state index in [1.165, 1.54) is 5.56 Å². The maximum Gasteiger partial charge on any atom is 0.128 e. The molecule has 15 heavy (non-hydrogen) atoms. The smallest absolute Gasteiger partial charge is 0.128 e. The third-order valence-electron chi connectivity index (χ3n) is 3.56. The van der Waals surface area contributed by atoms with E-state index in [1.54, 1.807) is 0 Å². The summed E-state index contributed by atoms with van der Waals surface area (Å²) in [5.41, 5.74) is 1.19. The summed E-state index contributed by atoms with van der Waals surface area (Å²) in [7, 11) is 0. The summed E-state index contributed by atoms with van der Waals surface area (Å²) >= 11 is 0. The topological polar surface area (TPSA) is 39.9 Å². The summed E-state index contributed by atoms with van der Waals surface area (Å²) in [4.78, 5) is 6.70. The summed E-state index contributed by atoms with van der Waals surface area (Å²) < 4.78 is 0. The van der Waals surface area contributed by atoms with Gasteiger partial charge in [0.1, 0.15) is 5.82 Å². The number of nitriles is 1. The lowest BCUT2D eigenvalue weighted by molar-refractivity contribution is 0.735. The van der Waals surface area contributed by atoms with Crippen molar-refractivity contribution in [3.63, 3.8) is 0 Å². The van der Waals surface area contributed by atoms with E-state index in [2.05, 4.69) is 28.1 Å². The Labute approximate surface area is 89.3 Å². The van der Waals surface area contributed by atoms with Crippen molar-refractivity contribution in [1.29, 1.82) is 5.26 Å². The molecular weight excluding hydrogens is 186 g/mol. The number of aryl methyl sites for hydroxylation is 1. The Balaban J connectivity index is 1.73. The molecule has 3 heteroatoms. The van der Waals surface area contributed by atoms with Crippen LogP contribution >= 0.6 is 0 Å². The van der Waals surface area contributed by atoms with Gasteiger partial charge in [-0.3, -0.25) is 0 Å². The van der Waals surface area contributed by atoms with E-state index >= 15 is 0 Å². The lowest BCUT2D eigenvalue weighted by atomic mass is 10.2. The maximum absolute atomic E-state index is 8.82. The van der Waals surface area contributed by atoms with E-state index in [-0.39, 0.29) is 0 Å². The number of fused-ring (bicyclic) bond motifs is 1. The van der Waals surface area contributed by atoms with Gasteiger partial charge < -0.3 is 4.90 Å². The molecule has 0 aromatic carbocycles. The number of piperidine rings is 1. The fourth-order valence-corrected chi connectivity index (χ4v) is 2.55. The van der Waals surface area contributed by atoms with Gasteiger partial charge in [-0.2, -0.15) is 5.26 Å². The molecule has 1 saturated heterocycles. The van der Waals surface area contributed by atoms with Crippen LogP contribution in [0.5, 0.6) is 0 Å². The highest BCUT2D eigenvalue weighted by atomic mass is 15.2.